The lowest BCUT2D eigenvalue weighted by molar-refractivity contribution is 0.412. The standard InChI is InChI=1S/C20H24N2O2S/c1-16-7-9-17(10-8-16)15-21-18-11-13-20(14-12-18)25(23,24)22-19-5-3-2-4-6-19/h7-15,19,22H,2-6H2,1H3. The zero-order valence-electron chi connectivity index (χ0n) is 14.5. The van der Waals surface area contributed by atoms with Gasteiger partial charge in [-0.1, -0.05) is 49.1 Å². The molecule has 3 rings (SSSR count). The summed E-state index contributed by atoms with van der Waals surface area (Å²) >= 11 is 0. The Morgan fingerprint density at radius 2 is 1.60 bits per heavy atom. The van der Waals surface area contributed by atoms with Crippen molar-refractivity contribution < 1.29 is 8.42 Å². The van der Waals surface area contributed by atoms with Gasteiger partial charge >= 0.3 is 0 Å². The lowest BCUT2D eigenvalue weighted by Gasteiger charge is -2.22. The fourth-order valence-electron chi connectivity index (χ4n) is 3.02. The molecule has 0 atom stereocenters. The van der Waals surface area contributed by atoms with E-state index in [9.17, 15) is 8.42 Å². The van der Waals surface area contributed by atoms with Crippen LogP contribution in [-0.2, 0) is 10.0 Å². The summed E-state index contributed by atoms with van der Waals surface area (Å²) in [7, 11) is -3.45. The molecule has 4 nitrogen and oxygen atoms in total. The van der Waals surface area contributed by atoms with Gasteiger partial charge in [-0.15, -0.1) is 0 Å². The number of hydrogen-bond donors (Lipinski definition) is 1. The fourth-order valence-corrected chi connectivity index (χ4v) is 4.33. The highest BCUT2D eigenvalue weighted by molar-refractivity contribution is 7.89. The van der Waals surface area contributed by atoms with E-state index < -0.39 is 10.0 Å². The molecule has 1 fully saturated rings. The van der Waals surface area contributed by atoms with Gasteiger partial charge in [0.25, 0.3) is 0 Å². The molecule has 0 radical (unpaired) electrons. The summed E-state index contributed by atoms with van der Waals surface area (Å²) in [5, 5.41) is 0. The zero-order valence-corrected chi connectivity index (χ0v) is 15.3. The lowest BCUT2D eigenvalue weighted by atomic mass is 9.96. The van der Waals surface area contributed by atoms with Crippen LogP contribution < -0.4 is 4.72 Å². The molecular formula is C20H24N2O2S. The van der Waals surface area contributed by atoms with Crippen molar-refractivity contribution in [1.82, 2.24) is 4.72 Å². The number of aryl methyl sites for hydroxylation is 1. The van der Waals surface area contributed by atoms with E-state index in [2.05, 4.69) is 9.71 Å². The highest BCUT2D eigenvalue weighted by atomic mass is 32.2. The summed E-state index contributed by atoms with van der Waals surface area (Å²) < 4.78 is 27.8. The molecule has 132 valence electrons. The molecule has 0 spiro atoms. The Balaban J connectivity index is 1.67. The number of benzene rings is 2. The summed E-state index contributed by atoms with van der Waals surface area (Å²) in [6, 6.07) is 14.9. The third kappa shape index (κ3) is 5.00. The van der Waals surface area contributed by atoms with E-state index in [1.807, 2.05) is 31.2 Å². The summed E-state index contributed by atoms with van der Waals surface area (Å²) in [6.45, 7) is 2.04. The molecule has 1 aliphatic carbocycles. The van der Waals surface area contributed by atoms with Gasteiger partial charge in [-0.2, -0.15) is 0 Å². The third-order valence-corrected chi connectivity index (χ3v) is 6.05. The van der Waals surface area contributed by atoms with Gasteiger partial charge in [0.2, 0.25) is 10.0 Å². The first-order valence-electron chi connectivity index (χ1n) is 8.76. The Morgan fingerprint density at radius 1 is 0.960 bits per heavy atom. The minimum Gasteiger partial charge on any atom is -0.256 e. The van der Waals surface area contributed by atoms with Gasteiger partial charge in [0.15, 0.2) is 0 Å². The Morgan fingerprint density at radius 3 is 2.24 bits per heavy atom. The van der Waals surface area contributed by atoms with Crippen LogP contribution in [0.1, 0.15) is 43.2 Å². The van der Waals surface area contributed by atoms with Crippen LogP contribution in [0.25, 0.3) is 0 Å². The van der Waals surface area contributed by atoms with Crippen molar-refractivity contribution in [3.8, 4) is 0 Å². The Bertz CT molecular complexity index is 819. The molecule has 0 aromatic heterocycles. The van der Waals surface area contributed by atoms with Crippen molar-refractivity contribution in [2.45, 2.75) is 50.0 Å². The minimum absolute atomic E-state index is 0.0676. The molecule has 0 unspecified atom stereocenters. The Hall–Kier alpha value is -1.98. The molecule has 1 saturated carbocycles. The van der Waals surface area contributed by atoms with E-state index in [1.165, 1.54) is 12.0 Å². The van der Waals surface area contributed by atoms with Gasteiger partial charge < -0.3 is 0 Å². The van der Waals surface area contributed by atoms with E-state index >= 15 is 0 Å². The van der Waals surface area contributed by atoms with Gasteiger partial charge in [-0.3, -0.25) is 4.99 Å². The Kier molecular flexibility index (Phi) is 5.66. The van der Waals surface area contributed by atoms with Gasteiger partial charge in [-0.05, 0) is 49.6 Å². The summed E-state index contributed by atoms with van der Waals surface area (Å²) in [5.74, 6) is 0. The average molecular weight is 356 g/mol. The quantitative estimate of drug-likeness (QED) is 0.809. The first-order chi connectivity index (χ1) is 12.0. The zero-order chi connectivity index (χ0) is 17.7. The number of rotatable bonds is 5. The molecule has 0 aliphatic heterocycles. The van der Waals surface area contributed by atoms with Crippen LogP contribution in [0.15, 0.2) is 58.4 Å². The second-order valence-electron chi connectivity index (χ2n) is 6.62. The van der Waals surface area contributed by atoms with E-state index in [1.54, 1.807) is 30.5 Å². The second kappa shape index (κ2) is 7.93. The molecule has 1 N–H and O–H groups in total. The molecule has 2 aromatic rings. The van der Waals surface area contributed by atoms with E-state index in [0.717, 1.165) is 36.9 Å². The molecule has 2 aromatic carbocycles. The third-order valence-electron chi connectivity index (χ3n) is 4.51. The highest BCUT2D eigenvalue weighted by Crippen LogP contribution is 2.21. The second-order valence-corrected chi connectivity index (χ2v) is 8.33. The van der Waals surface area contributed by atoms with Crippen LogP contribution in [0.4, 0.5) is 5.69 Å². The van der Waals surface area contributed by atoms with Gasteiger partial charge in [-0.25, -0.2) is 13.1 Å². The first-order valence-corrected chi connectivity index (χ1v) is 10.2. The summed E-state index contributed by atoms with van der Waals surface area (Å²) in [5.41, 5.74) is 2.95. The molecule has 0 amide bonds. The highest BCUT2D eigenvalue weighted by Gasteiger charge is 2.21. The van der Waals surface area contributed by atoms with Crippen LogP contribution in [0.2, 0.25) is 0 Å². The van der Waals surface area contributed by atoms with Crippen LogP contribution >= 0.6 is 0 Å². The summed E-state index contributed by atoms with van der Waals surface area (Å²) in [6.07, 6.45) is 7.03. The number of aliphatic imine (C=N–C) groups is 1. The van der Waals surface area contributed by atoms with Crippen LogP contribution in [-0.4, -0.2) is 20.7 Å². The van der Waals surface area contributed by atoms with Crippen LogP contribution in [0.3, 0.4) is 0 Å². The average Bonchev–Trinajstić information content (AvgIpc) is 2.62. The lowest BCUT2D eigenvalue weighted by Crippen LogP contribution is -2.36. The van der Waals surface area contributed by atoms with Crippen molar-refractivity contribution in [1.29, 1.82) is 0 Å². The SMILES string of the molecule is Cc1ccc(C=Nc2ccc(S(=O)(=O)NC3CCCCC3)cc2)cc1. The molecule has 0 saturated heterocycles. The van der Waals surface area contributed by atoms with Crippen molar-refractivity contribution in [2.75, 3.05) is 0 Å². The molecule has 1 aliphatic rings. The van der Waals surface area contributed by atoms with Crippen molar-refractivity contribution in [3.05, 3.63) is 59.7 Å². The predicted molar refractivity (Wildman–Crippen MR) is 102 cm³/mol. The maximum Gasteiger partial charge on any atom is 0.240 e. The summed E-state index contributed by atoms with van der Waals surface area (Å²) in [4.78, 5) is 4.70. The number of sulfonamides is 1. The Labute approximate surface area is 150 Å². The van der Waals surface area contributed by atoms with Crippen molar-refractivity contribution in [2.24, 2.45) is 4.99 Å². The maximum absolute atomic E-state index is 12.5. The monoisotopic (exact) mass is 356 g/mol. The topological polar surface area (TPSA) is 58.5 Å². The number of nitrogens with one attached hydrogen (secondary N) is 1. The van der Waals surface area contributed by atoms with Gasteiger partial charge in [0, 0.05) is 12.3 Å². The first kappa shape index (κ1) is 17.8. The number of nitrogens with zero attached hydrogens (tertiary/aromatic N) is 1. The van der Waals surface area contributed by atoms with Gasteiger partial charge in [0.05, 0.1) is 10.6 Å². The molecule has 0 heterocycles. The predicted octanol–water partition coefficient (Wildman–Crippen LogP) is 4.36. The van der Waals surface area contributed by atoms with E-state index in [0.29, 0.717) is 4.90 Å². The molecular weight excluding hydrogens is 332 g/mol. The maximum atomic E-state index is 12.5. The van der Waals surface area contributed by atoms with E-state index in [4.69, 9.17) is 0 Å². The van der Waals surface area contributed by atoms with Crippen LogP contribution in [0.5, 0.6) is 0 Å². The minimum atomic E-state index is -3.45. The van der Waals surface area contributed by atoms with Gasteiger partial charge in [0.1, 0.15) is 0 Å². The number of hydrogen-bond acceptors (Lipinski definition) is 3. The molecule has 25 heavy (non-hydrogen) atoms. The largest absolute Gasteiger partial charge is 0.256 e. The van der Waals surface area contributed by atoms with Crippen LogP contribution in [0, 0.1) is 6.92 Å². The van der Waals surface area contributed by atoms with Crippen molar-refractivity contribution in [3.63, 3.8) is 0 Å². The molecule has 5 heteroatoms. The van der Waals surface area contributed by atoms with E-state index in [-0.39, 0.29) is 6.04 Å². The fraction of sp³-hybridized carbons (Fsp3) is 0.350. The van der Waals surface area contributed by atoms with Crippen molar-refractivity contribution >= 4 is 21.9 Å². The normalized spacial score (nSPS) is 16.4. The molecule has 0 bridgehead atoms. The smallest absolute Gasteiger partial charge is 0.240 e.